The van der Waals surface area contributed by atoms with Gasteiger partial charge in [0.05, 0.1) is 6.42 Å². The summed E-state index contributed by atoms with van der Waals surface area (Å²) in [6.07, 6.45) is 4.14. The molecule has 2 N–H and O–H groups in total. The van der Waals surface area contributed by atoms with Crippen molar-refractivity contribution in [3.05, 3.63) is 76.4 Å². The van der Waals surface area contributed by atoms with Crippen LogP contribution >= 0.6 is 0 Å². The number of nitrogens with one attached hydrogen (secondary N) is 1. The summed E-state index contributed by atoms with van der Waals surface area (Å²) >= 11 is 0. The Morgan fingerprint density at radius 1 is 1.15 bits per heavy atom. The van der Waals surface area contributed by atoms with Crippen LogP contribution in [0, 0.1) is 6.92 Å². The molecule has 0 saturated heterocycles. The summed E-state index contributed by atoms with van der Waals surface area (Å²) in [5.41, 5.74) is 6.97. The first-order valence-electron chi connectivity index (χ1n) is 8.62. The van der Waals surface area contributed by atoms with Gasteiger partial charge in [-0.15, -0.1) is 0 Å². The molecular weight excluding hydrogens is 328 g/mol. The minimum atomic E-state index is -0.572. The number of hydroxylamine groups is 1. The Hall–Kier alpha value is -2.92. The second-order valence-electron chi connectivity index (χ2n) is 6.57. The van der Waals surface area contributed by atoms with Crippen LogP contribution in [0.3, 0.4) is 0 Å². The van der Waals surface area contributed by atoms with Gasteiger partial charge >= 0.3 is 0 Å². The zero-order chi connectivity index (χ0) is 18.5. The molecule has 2 amide bonds. The topological polar surface area (TPSA) is 69.6 Å². The van der Waals surface area contributed by atoms with Crippen molar-refractivity contribution in [1.82, 2.24) is 10.4 Å². The summed E-state index contributed by atoms with van der Waals surface area (Å²) in [4.78, 5) is 25.6. The number of hydrogen-bond acceptors (Lipinski definition) is 3. The lowest BCUT2D eigenvalue weighted by atomic mass is 9.96. The second kappa shape index (κ2) is 7.97. The van der Waals surface area contributed by atoms with Crippen molar-refractivity contribution in [2.75, 3.05) is 6.54 Å². The highest BCUT2D eigenvalue weighted by Crippen LogP contribution is 2.22. The number of rotatable bonds is 4. The van der Waals surface area contributed by atoms with Gasteiger partial charge in [0.2, 0.25) is 5.91 Å². The van der Waals surface area contributed by atoms with Crippen LogP contribution in [0.5, 0.6) is 0 Å². The van der Waals surface area contributed by atoms with Gasteiger partial charge in [0.1, 0.15) is 0 Å². The van der Waals surface area contributed by atoms with Crippen LogP contribution in [-0.2, 0) is 29.0 Å². The van der Waals surface area contributed by atoms with Crippen LogP contribution in [0.1, 0.15) is 27.8 Å². The molecule has 0 fully saturated rings. The van der Waals surface area contributed by atoms with Crippen molar-refractivity contribution in [2.45, 2.75) is 26.3 Å². The summed E-state index contributed by atoms with van der Waals surface area (Å²) in [5, 5.41) is 8.54. The number of fused-ring (bicyclic) bond motifs is 1. The molecule has 0 unspecified atom stereocenters. The largest absolute Gasteiger partial charge is 0.338 e. The van der Waals surface area contributed by atoms with Crippen LogP contribution in [0.4, 0.5) is 0 Å². The lowest BCUT2D eigenvalue weighted by Gasteiger charge is -2.29. The molecular formula is C21H22N2O3. The molecule has 0 aliphatic carbocycles. The third kappa shape index (κ3) is 4.37. The van der Waals surface area contributed by atoms with Gasteiger partial charge in [-0.25, -0.2) is 5.48 Å². The second-order valence-corrected chi connectivity index (χ2v) is 6.57. The molecule has 5 nitrogen and oxygen atoms in total. The lowest BCUT2D eigenvalue weighted by Crippen LogP contribution is -2.36. The maximum atomic E-state index is 12.6. The fraction of sp³-hybridized carbons (Fsp3) is 0.238. The molecule has 134 valence electrons. The number of aryl methyl sites for hydroxylation is 1. The number of benzene rings is 2. The molecule has 0 bridgehead atoms. The predicted molar refractivity (Wildman–Crippen MR) is 99.4 cm³/mol. The zero-order valence-corrected chi connectivity index (χ0v) is 14.7. The van der Waals surface area contributed by atoms with E-state index in [1.165, 1.54) is 17.2 Å². The van der Waals surface area contributed by atoms with Crippen molar-refractivity contribution in [3.63, 3.8) is 0 Å². The lowest BCUT2D eigenvalue weighted by molar-refractivity contribution is -0.131. The van der Waals surface area contributed by atoms with Crippen LogP contribution in [-0.4, -0.2) is 28.5 Å². The molecule has 2 aromatic carbocycles. The number of amides is 2. The summed E-state index contributed by atoms with van der Waals surface area (Å²) in [6.45, 7) is 3.33. The van der Waals surface area contributed by atoms with E-state index in [0.29, 0.717) is 13.0 Å². The molecule has 0 radical (unpaired) electrons. The highest BCUT2D eigenvalue weighted by Gasteiger charge is 2.20. The molecule has 3 rings (SSSR count). The van der Waals surface area contributed by atoms with E-state index in [1.54, 1.807) is 11.6 Å². The number of carbonyl (C=O) groups is 2. The van der Waals surface area contributed by atoms with Gasteiger partial charge in [0.15, 0.2) is 0 Å². The first-order chi connectivity index (χ1) is 12.5. The van der Waals surface area contributed by atoms with Gasteiger partial charge < -0.3 is 4.90 Å². The molecule has 26 heavy (non-hydrogen) atoms. The van der Waals surface area contributed by atoms with Gasteiger partial charge in [-0.2, -0.15) is 0 Å². The first-order valence-corrected chi connectivity index (χ1v) is 8.62. The molecule has 0 aromatic heterocycles. The standard InChI is InChI=1S/C21H22N2O3/c1-15-2-4-17(5-3-15)13-21(25)23-11-10-18-8-6-16(12-19(18)14-23)7-9-20(24)22-26/h2-9,12,26H,10-11,13-14H2,1H3,(H,22,24). The van der Waals surface area contributed by atoms with Gasteiger partial charge in [-0.05, 0) is 47.7 Å². The maximum absolute atomic E-state index is 12.6. The molecule has 1 heterocycles. The SMILES string of the molecule is Cc1ccc(CC(=O)N2CCc3ccc(C=CC(=O)NO)cc3C2)cc1. The van der Waals surface area contributed by atoms with E-state index in [9.17, 15) is 9.59 Å². The maximum Gasteiger partial charge on any atom is 0.267 e. The van der Waals surface area contributed by atoms with E-state index in [-0.39, 0.29) is 5.91 Å². The van der Waals surface area contributed by atoms with Crippen LogP contribution < -0.4 is 5.48 Å². The Kier molecular flexibility index (Phi) is 5.49. The molecule has 0 atom stereocenters. The summed E-state index contributed by atoms with van der Waals surface area (Å²) in [5.74, 6) is -0.447. The smallest absolute Gasteiger partial charge is 0.267 e. The van der Waals surface area contributed by atoms with E-state index in [1.807, 2.05) is 54.3 Å². The predicted octanol–water partition coefficient (Wildman–Crippen LogP) is 2.64. The van der Waals surface area contributed by atoms with Crippen molar-refractivity contribution in [3.8, 4) is 0 Å². The molecule has 1 aliphatic rings. The molecule has 0 spiro atoms. The monoisotopic (exact) mass is 350 g/mol. The van der Waals surface area contributed by atoms with Gasteiger partial charge in [-0.1, -0.05) is 42.0 Å². The highest BCUT2D eigenvalue weighted by molar-refractivity contribution is 5.90. The average Bonchev–Trinajstić information content (AvgIpc) is 2.67. The van der Waals surface area contributed by atoms with E-state index in [2.05, 4.69) is 0 Å². The summed E-state index contributed by atoms with van der Waals surface area (Å²) in [7, 11) is 0. The minimum Gasteiger partial charge on any atom is -0.338 e. The van der Waals surface area contributed by atoms with Crippen LogP contribution in [0.25, 0.3) is 6.08 Å². The van der Waals surface area contributed by atoms with Crippen LogP contribution in [0.15, 0.2) is 48.5 Å². The Balaban J connectivity index is 1.69. The first kappa shape index (κ1) is 17.9. The quantitative estimate of drug-likeness (QED) is 0.506. The summed E-state index contributed by atoms with van der Waals surface area (Å²) < 4.78 is 0. The zero-order valence-electron chi connectivity index (χ0n) is 14.7. The van der Waals surface area contributed by atoms with Crippen molar-refractivity contribution in [1.29, 1.82) is 0 Å². The van der Waals surface area contributed by atoms with Gasteiger partial charge in [0, 0.05) is 19.2 Å². The normalized spacial score (nSPS) is 13.5. The molecule has 2 aromatic rings. The van der Waals surface area contributed by atoms with Crippen molar-refractivity contribution >= 4 is 17.9 Å². The Morgan fingerprint density at radius 3 is 2.65 bits per heavy atom. The van der Waals surface area contributed by atoms with Crippen molar-refractivity contribution in [2.24, 2.45) is 0 Å². The summed E-state index contributed by atoms with van der Waals surface area (Å²) in [6, 6.07) is 14.0. The Morgan fingerprint density at radius 2 is 1.92 bits per heavy atom. The minimum absolute atomic E-state index is 0.125. The van der Waals surface area contributed by atoms with E-state index in [0.717, 1.165) is 29.7 Å². The molecule has 5 heteroatoms. The number of carbonyl (C=O) groups excluding carboxylic acids is 2. The van der Waals surface area contributed by atoms with E-state index in [4.69, 9.17) is 5.21 Å². The Bertz CT molecular complexity index is 841. The van der Waals surface area contributed by atoms with Crippen LogP contribution in [0.2, 0.25) is 0 Å². The highest BCUT2D eigenvalue weighted by atomic mass is 16.5. The van der Waals surface area contributed by atoms with E-state index >= 15 is 0 Å². The fourth-order valence-electron chi connectivity index (χ4n) is 3.10. The number of hydrogen-bond donors (Lipinski definition) is 2. The van der Waals surface area contributed by atoms with Gasteiger partial charge in [0.25, 0.3) is 5.91 Å². The molecule has 1 aliphatic heterocycles. The third-order valence-corrected chi connectivity index (χ3v) is 4.61. The Labute approximate surface area is 152 Å². The average molecular weight is 350 g/mol. The molecule has 0 saturated carbocycles. The van der Waals surface area contributed by atoms with Gasteiger partial charge in [-0.3, -0.25) is 14.8 Å². The van der Waals surface area contributed by atoms with E-state index < -0.39 is 5.91 Å². The van der Waals surface area contributed by atoms with Crippen molar-refractivity contribution < 1.29 is 14.8 Å². The third-order valence-electron chi connectivity index (χ3n) is 4.61. The number of nitrogens with zero attached hydrogens (tertiary/aromatic N) is 1. The fourth-order valence-corrected chi connectivity index (χ4v) is 3.10.